The number of rotatable bonds is 9. The van der Waals surface area contributed by atoms with E-state index in [2.05, 4.69) is 11.4 Å². The molecule has 0 aliphatic heterocycles. The number of ether oxygens (including phenoxy) is 1. The van der Waals surface area contributed by atoms with Gasteiger partial charge < -0.3 is 15.2 Å². The molecule has 1 atom stereocenters. The normalized spacial score (nSPS) is 11.9. The van der Waals surface area contributed by atoms with Crippen LogP contribution in [0.5, 0.6) is 5.75 Å². The molecule has 3 rings (SSSR count). The lowest BCUT2D eigenvalue weighted by Gasteiger charge is -2.11. The largest absolute Gasteiger partial charge is 0.492 e. The maximum Gasteiger partial charge on any atom is 0.230 e. The Balaban J connectivity index is 1.32. The molecule has 3 aromatic rings. The molecule has 0 spiro atoms. The van der Waals surface area contributed by atoms with Crippen molar-refractivity contribution in [2.24, 2.45) is 0 Å². The van der Waals surface area contributed by atoms with E-state index in [1.807, 2.05) is 66.7 Å². The van der Waals surface area contributed by atoms with Gasteiger partial charge in [0, 0.05) is 5.75 Å². The summed E-state index contributed by atoms with van der Waals surface area (Å²) in [5.74, 6) is 1.55. The second kappa shape index (κ2) is 10.00. The summed E-state index contributed by atoms with van der Waals surface area (Å²) in [6, 6.07) is 23.5. The molecule has 0 bridgehead atoms. The molecule has 0 saturated heterocycles. The first-order chi connectivity index (χ1) is 13.2. The van der Waals surface area contributed by atoms with E-state index in [1.54, 1.807) is 0 Å². The Morgan fingerprint density at radius 2 is 1.74 bits per heavy atom. The minimum atomic E-state index is -0.555. The fourth-order valence-electron chi connectivity index (χ4n) is 2.70. The van der Waals surface area contributed by atoms with Gasteiger partial charge in [0.2, 0.25) is 5.91 Å². The van der Waals surface area contributed by atoms with Crippen molar-refractivity contribution in [3.8, 4) is 5.75 Å². The topological polar surface area (TPSA) is 58.6 Å². The van der Waals surface area contributed by atoms with Gasteiger partial charge in [-0.25, -0.2) is 0 Å². The molecular formula is C22H23NO3S. The Kier molecular flexibility index (Phi) is 7.13. The van der Waals surface area contributed by atoms with Crippen molar-refractivity contribution in [2.75, 3.05) is 24.7 Å². The molecule has 1 unspecified atom stereocenters. The van der Waals surface area contributed by atoms with Gasteiger partial charge in [-0.1, -0.05) is 60.7 Å². The highest BCUT2D eigenvalue weighted by atomic mass is 32.2. The second-order valence-electron chi connectivity index (χ2n) is 6.15. The fraction of sp³-hybridized carbons (Fsp3) is 0.227. The summed E-state index contributed by atoms with van der Waals surface area (Å²) in [6.07, 6.45) is -0.555. The van der Waals surface area contributed by atoms with Gasteiger partial charge in [-0.15, -0.1) is 11.8 Å². The van der Waals surface area contributed by atoms with Crippen LogP contribution in [-0.4, -0.2) is 35.7 Å². The third-order valence-electron chi connectivity index (χ3n) is 4.11. The summed E-state index contributed by atoms with van der Waals surface area (Å²) in [6.45, 7) is 0.870. The molecule has 0 aliphatic carbocycles. The lowest BCUT2D eigenvalue weighted by Crippen LogP contribution is -2.29. The van der Waals surface area contributed by atoms with Gasteiger partial charge >= 0.3 is 0 Å². The fourth-order valence-corrected chi connectivity index (χ4v) is 3.52. The smallest absolute Gasteiger partial charge is 0.230 e. The number of aliphatic hydroxyl groups excluding tert-OH is 1. The van der Waals surface area contributed by atoms with Crippen LogP contribution in [0, 0.1) is 0 Å². The maximum absolute atomic E-state index is 11.9. The van der Waals surface area contributed by atoms with Gasteiger partial charge in [0.1, 0.15) is 12.4 Å². The molecule has 140 valence electrons. The number of thioether (sulfide) groups is 1. The number of aliphatic hydroxyl groups is 1. The third-order valence-corrected chi connectivity index (χ3v) is 5.12. The maximum atomic E-state index is 11.9. The van der Waals surface area contributed by atoms with Gasteiger partial charge in [-0.3, -0.25) is 4.79 Å². The van der Waals surface area contributed by atoms with Crippen LogP contribution >= 0.6 is 11.8 Å². The summed E-state index contributed by atoms with van der Waals surface area (Å²) in [5, 5.41) is 15.2. The SMILES string of the molecule is O=C(CSCC(O)c1ccccc1)NCCOc1ccc2ccccc2c1. The van der Waals surface area contributed by atoms with E-state index in [0.29, 0.717) is 24.7 Å². The summed E-state index contributed by atoms with van der Waals surface area (Å²) < 4.78 is 5.70. The van der Waals surface area contributed by atoms with E-state index in [9.17, 15) is 9.90 Å². The minimum absolute atomic E-state index is 0.0534. The molecule has 0 fully saturated rings. The molecule has 2 N–H and O–H groups in total. The van der Waals surface area contributed by atoms with Gasteiger partial charge in [-0.05, 0) is 28.5 Å². The van der Waals surface area contributed by atoms with E-state index in [1.165, 1.54) is 17.1 Å². The third kappa shape index (κ3) is 6.01. The molecule has 27 heavy (non-hydrogen) atoms. The Hall–Kier alpha value is -2.50. The zero-order valence-electron chi connectivity index (χ0n) is 15.0. The Morgan fingerprint density at radius 3 is 2.56 bits per heavy atom. The van der Waals surface area contributed by atoms with Gasteiger partial charge in [-0.2, -0.15) is 0 Å². The summed E-state index contributed by atoms with van der Waals surface area (Å²) in [7, 11) is 0. The highest BCUT2D eigenvalue weighted by Gasteiger charge is 2.08. The van der Waals surface area contributed by atoms with Crippen LogP contribution in [0.4, 0.5) is 0 Å². The van der Waals surface area contributed by atoms with Crippen LogP contribution in [0.25, 0.3) is 10.8 Å². The molecule has 0 aromatic heterocycles. The van der Waals surface area contributed by atoms with Crippen LogP contribution in [0.2, 0.25) is 0 Å². The van der Waals surface area contributed by atoms with Crippen LogP contribution in [-0.2, 0) is 4.79 Å². The van der Waals surface area contributed by atoms with Gasteiger partial charge in [0.15, 0.2) is 0 Å². The van der Waals surface area contributed by atoms with Crippen molar-refractivity contribution < 1.29 is 14.6 Å². The van der Waals surface area contributed by atoms with Crippen LogP contribution < -0.4 is 10.1 Å². The summed E-state index contributed by atoms with van der Waals surface area (Å²) in [4.78, 5) is 11.9. The lowest BCUT2D eigenvalue weighted by atomic mass is 10.1. The Bertz CT molecular complexity index is 870. The Morgan fingerprint density at radius 1 is 1.00 bits per heavy atom. The quantitative estimate of drug-likeness (QED) is 0.554. The van der Waals surface area contributed by atoms with Crippen LogP contribution in [0.15, 0.2) is 72.8 Å². The molecular weight excluding hydrogens is 358 g/mol. The highest BCUT2D eigenvalue weighted by molar-refractivity contribution is 7.99. The molecule has 3 aromatic carbocycles. The first-order valence-electron chi connectivity index (χ1n) is 8.91. The average Bonchev–Trinajstić information content (AvgIpc) is 2.71. The standard InChI is InChI=1S/C22H23NO3S/c24-21(18-7-2-1-3-8-18)15-27-16-22(25)23-12-13-26-20-11-10-17-6-4-5-9-19(17)14-20/h1-11,14,21,24H,12-13,15-16H2,(H,23,25). The first kappa shape index (κ1) is 19.3. The number of amides is 1. The van der Waals surface area contributed by atoms with Crippen molar-refractivity contribution in [3.63, 3.8) is 0 Å². The monoisotopic (exact) mass is 381 g/mol. The second-order valence-corrected chi connectivity index (χ2v) is 7.18. The number of hydrogen-bond donors (Lipinski definition) is 2. The van der Waals surface area contributed by atoms with Crippen molar-refractivity contribution in [1.82, 2.24) is 5.32 Å². The molecule has 0 aliphatic rings. The van der Waals surface area contributed by atoms with Crippen molar-refractivity contribution >= 4 is 28.4 Å². The first-order valence-corrected chi connectivity index (χ1v) is 10.1. The molecule has 0 heterocycles. The van der Waals surface area contributed by atoms with Crippen molar-refractivity contribution in [3.05, 3.63) is 78.4 Å². The molecule has 4 nitrogen and oxygen atoms in total. The molecule has 0 radical (unpaired) electrons. The zero-order chi connectivity index (χ0) is 18.9. The van der Waals surface area contributed by atoms with E-state index >= 15 is 0 Å². The van der Waals surface area contributed by atoms with E-state index in [0.717, 1.165) is 16.7 Å². The number of carbonyl (C=O) groups is 1. The number of hydrogen-bond acceptors (Lipinski definition) is 4. The van der Waals surface area contributed by atoms with Crippen LogP contribution in [0.3, 0.4) is 0 Å². The minimum Gasteiger partial charge on any atom is -0.492 e. The molecule has 0 saturated carbocycles. The number of carbonyl (C=O) groups excluding carboxylic acids is 1. The van der Waals surface area contributed by atoms with Crippen molar-refractivity contribution in [1.29, 1.82) is 0 Å². The van der Waals surface area contributed by atoms with E-state index in [4.69, 9.17) is 4.74 Å². The van der Waals surface area contributed by atoms with E-state index in [-0.39, 0.29) is 5.91 Å². The lowest BCUT2D eigenvalue weighted by molar-refractivity contribution is -0.118. The summed E-state index contributed by atoms with van der Waals surface area (Å²) >= 11 is 1.42. The molecule has 5 heteroatoms. The predicted octanol–water partition coefficient (Wildman–Crippen LogP) is 3.80. The van der Waals surface area contributed by atoms with Crippen LogP contribution in [0.1, 0.15) is 11.7 Å². The van der Waals surface area contributed by atoms with Gasteiger partial charge in [0.05, 0.1) is 18.4 Å². The predicted molar refractivity (Wildman–Crippen MR) is 111 cm³/mol. The van der Waals surface area contributed by atoms with E-state index < -0.39 is 6.10 Å². The number of nitrogens with one attached hydrogen (secondary N) is 1. The zero-order valence-corrected chi connectivity index (χ0v) is 15.8. The summed E-state index contributed by atoms with van der Waals surface area (Å²) in [5.41, 5.74) is 0.870. The number of benzene rings is 3. The highest BCUT2D eigenvalue weighted by Crippen LogP contribution is 2.20. The molecule has 1 amide bonds. The van der Waals surface area contributed by atoms with Crippen molar-refractivity contribution in [2.45, 2.75) is 6.10 Å². The average molecular weight is 381 g/mol. The van der Waals surface area contributed by atoms with Gasteiger partial charge in [0.25, 0.3) is 0 Å². The number of fused-ring (bicyclic) bond motifs is 1. The Labute approximate surface area is 163 Å².